The van der Waals surface area contributed by atoms with Gasteiger partial charge < -0.3 is 15.6 Å². The first kappa shape index (κ1) is 15.2. The summed E-state index contributed by atoms with van der Waals surface area (Å²) in [4.78, 5) is 12.0. The number of benzene rings is 2. The second-order valence-corrected chi connectivity index (χ2v) is 4.90. The van der Waals surface area contributed by atoms with Gasteiger partial charge in [0.1, 0.15) is 6.04 Å². The minimum absolute atomic E-state index is 0.537. The molecular weight excluding hydrogens is 266 g/mol. The van der Waals surface area contributed by atoms with Crippen LogP contribution in [-0.2, 0) is 9.53 Å². The number of esters is 1. The van der Waals surface area contributed by atoms with Gasteiger partial charge in [0, 0.05) is 0 Å². The summed E-state index contributed by atoms with van der Waals surface area (Å²) >= 11 is 0. The van der Waals surface area contributed by atoms with Crippen LogP contribution >= 0.6 is 0 Å². The number of aliphatic hydroxyl groups excluding tert-OH is 1. The summed E-state index contributed by atoms with van der Waals surface area (Å²) in [5.74, 6) is -0.622. The van der Waals surface area contributed by atoms with Gasteiger partial charge >= 0.3 is 5.97 Å². The first-order valence-electron chi connectivity index (χ1n) is 6.83. The minimum Gasteiger partial charge on any atom is -0.451 e. The maximum Gasteiger partial charge on any atom is 0.326 e. The van der Waals surface area contributed by atoms with E-state index in [1.807, 2.05) is 60.7 Å². The van der Waals surface area contributed by atoms with Crippen molar-refractivity contribution in [2.45, 2.75) is 25.2 Å². The van der Waals surface area contributed by atoms with Crippen molar-refractivity contribution in [3.63, 3.8) is 0 Å². The summed E-state index contributed by atoms with van der Waals surface area (Å²) in [5, 5.41) is 9.42. The number of hydrogen-bond acceptors (Lipinski definition) is 4. The lowest BCUT2D eigenvalue weighted by Crippen LogP contribution is -2.42. The van der Waals surface area contributed by atoms with Crippen LogP contribution in [0.15, 0.2) is 60.7 Å². The fourth-order valence-electron chi connectivity index (χ4n) is 1.98. The SMILES string of the molecule is C[C@@H](O)[C@H](N)C(=O)OC(c1ccccc1)c1ccccc1. The van der Waals surface area contributed by atoms with Crippen molar-refractivity contribution in [1.29, 1.82) is 0 Å². The van der Waals surface area contributed by atoms with Gasteiger partial charge in [-0.1, -0.05) is 60.7 Å². The molecule has 0 saturated heterocycles. The number of nitrogens with two attached hydrogens (primary N) is 1. The zero-order chi connectivity index (χ0) is 15.2. The number of aliphatic hydroxyl groups is 1. The van der Waals surface area contributed by atoms with E-state index in [1.165, 1.54) is 6.92 Å². The quantitative estimate of drug-likeness (QED) is 0.824. The Labute approximate surface area is 124 Å². The average molecular weight is 285 g/mol. The number of hydrogen-bond donors (Lipinski definition) is 2. The van der Waals surface area contributed by atoms with Gasteiger partial charge in [0.05, 0.1) is 6.10 Å². The molecule has 3 N–H and O–H groups in total. The smallest absolute Gasteiger partial charge is 0.326 e. The highest BCUT2D eigenvalue weighted by Gasteiger charge is 2.25. The molecule has 4 nitrogen and oxygen atoms in total. The van der Waals surface area contributed by atoms with E-state index in [2.05, 4.69) is 0 Å². The van der Waals surface area contributed by atoms with Crippen LogP contribution in [0.25, 0.3) is 0 Å². The fourth-order valence-corrected chi connectivity index (χ4v) is 1.98. The second-order valence-electron chi connectivity index (χ2n) is 4.90. The number of carbonyl (C=O) groups is 1. The maximum atomic E-state index is 12.0. The molecule has 21 heavy (non-hydrogen) atoms. The predicted molar refractivity (Wildman–Crippen MR) is 80.5 cm³/mol. The molecule has 0 aliphatic rings. The third-order valence-corrected chi connectivity index (χ3v) is 3.23. The Morgan fingerprint density at radius 1 is 1.00 bits per heavy atom. The van der Waals surface area contributed by atoms with Crippen LogP contribution < -0.4 is 5.73 Å². The molecular formula is C17H19NO3. The van der Waals surface area contributed by atoms with Crippen LogP contribution in [0.2, 0.25) is 0 Å². The van der Waals surface area contributed by atoms with Crippen molar-refractivity contribution >= 4 is 5.97 Å². The van der Waals surface area contributed by atoms with Gasteiger partial charge in [-0.05, 0) is 18.1 Å². The van der Waals surface area contributed by atoms with Crippen LogP contribution in [0.4, 0.5) is 0 Å². The second kappa shape index (κ2) is 7.02. The largest absolute Gasteiger partial charge is 0.451 e. The van der Waals surface area contributed by atoms with Crippen LogP contribution in [0.5, 0.6) is 0 Å². The monoisotopic (exact) mass is 285 g/mol. The predicted octanol–water partition coefficient (Wildman–Crippen LogP) is 2.03. The van der Waals surface area contributed by atoms with Crippen molar-refractivity contribution in [1.82, 2.24) is 0 Å². The molecule has 0 heterocycles. The van der Waals surface area contributed by atoms with Crippen LogP contribution in [-0.4, -0.2) is 23.2 Å². The Balaban J connectivity index is 2.28. The first-order valence-corrected chi connectivity index (χ1v) is 6.83. The molecule has 0 amide bonds. The molecule has 0 radical (unpaired) electrons. The summed E-state index contributed by atoms with van der Waals surface area (Å²) in [6.07, 6.45) is -1.49. The van der Waals surface area contributed by atoms with Gasteiger partial charge in [-0.2, -0.15) is 0 Å². The van der Waals surface area contributed by atoms with Gasteiger partial charge in [-0.3, -0.25) is 4.79 Å². The first-order chi connectivity index (χ1) is 10.1. The molecule has 0 saturated carbocycles. The van der Waals surface area contributed by atoms with Gasteiger partial charge in [-0.25, -0.2) is 0 Å². The Morgan fingerprint density at radius 2 is 1.43 bits per heavy atom. The molecule has 0 aromatic heterocycles. The van der Waals surface area contributed by atoms with Crippen molar-refractivity contribution < 1.29 is 14.6 Å². The third-order valence-electron chi connectivity index (χ3n) is 3.23. The van der Waals surface area contributed by atoms with Crippen molar-refractivity contribution in [2.75, 3.05) is 0 Å². The summed E-state index contributed by atoms with van der Waals surface area (Å²) in [6.45, 7) is 1.46. The molecule has 0 spiro atoms. The Hall–Kier alpha value is -2.17. The average Bonchev–Trinajstić information content (AvgIpc) is 2.53. The molecule has 4 heteroatoms. The van der Waals surface area contributed by atoms with Gasteiger partial charge in [0.2, 0.25) is 0 Å². The number of rotatable bonds is 5. The molecule has 2 aromatic carbocycles. The van der Waals surface area contributed by atoms with Crippen molar-refractivity contribution in [2.24, 2.45) is 5.73 Å². The topological polar surface area (TPSA) is 72.5 Å². The highest BCUT2D eigenvalue weighted by molar-refractivity contribution is 5.76. The molecule has 0 aliphatic heterocycles. The standard InChI is InChI=1S/C17H19NO3/c1-12(19)15(18)17(20)21-16(13-8-4-2-5-9-13)14-10-6-3-7-11-14/h2-12,15-16,19H,18H2,1H3/t12-,15+/m1/s1. The van der Waals surface area contributed by atoms with Gasteiger partial charge in [0.25, 0.3) is 0 Å². The lowest BCUT2D eigenvalue weighted by Gasteiger charge is -2.22. The Kier molecular flexibility index (Phi) is 5.09. The molecule has 2 rings (SSSR count). The Bertz CT molecular complexity index is 530. The van der Waals surface area contributed by atoms with E-state index in [0.29, 0.717) is 0 Å². The fraction of sp³-hybridized carbons (Fsp3) is 0.235. The summed E-state index contributed by atoms with van der Waals surface area (Å²) in [6, 6.07) is 17.8. The lowest BCUT2D eigenvalue weighted by atomic mass is 10.0. The van der Waals surface area contributed by atoms with Crippen LogP contribution in [0.3, 0.4) is 0 Å². The highest BCUT2D eigenvalue weighted by atomic mass is 16.5. The number of ether oxygens (including phenoxy) is 1. The van der Waals surface area contributed by atoms with E-state index >= 15 is 0 Å². The highest BCUT2D eigenvalue weighted by Crippen LogP contribution is 2.26. The summed E-state index contributed by atoms with van der Waals surface area (Å²) < 4.78 is 5.52. The maximum absolute atomic E-state index is 12.0. The van der Waals surface area contributed by atoms with Crippen molar-refractivity contribution in [3.8, 4) is 0 Å². The molecule has 0 fully saturated rings. The van der Waals surface area contributed by atoms with E-state index in [-0.39, 0.29) is 0 Å². The van der Waals surface area contributed by atoms with Crippen molar-refractivity contribution in [3.05, 3.63) is 71.8 Å². The van der Waals surface area contributed by atoms with E-state index in [1.54, 1.807) is 0 Å². The molecule has 2 atom stereocenters. The summed E-state index contributed by atoms with van der Waals surface area (Å²) in [7, 11) is 0. The normalized spacial score (nSPS) is 13.7. The zero-order valence-electron chi connectivity index (χ0n) is 11.8. The molecule has 0 bridgehead atoms. The molecule has 2 aromatic rings. The third kappa shape index (κ3) is 3.90. The van der Waals surface area contributed by atoms with Crippen LogP contribution in [0.1, 0.15) is 24.2 Å². The van der Waals surface area contributed by atoms with E-state index in [4.69, 9.17) is 10.5 Å². The minimum atomic E-state index is -1.06. The Morgan fingerprint density at radius 3 is 1.81 bits per heavy atom. The van der Waals surface area contributed by atoms with Gasteiger partial charge in [0.15, 0.2) is 6.10 Å². The van der Waals surface area contributed by atoms with E-state index in [9.17, 15) is 9.90 Å². The van der Waals surface area contributed by atoms with Crippen LogP contribution in [0, 0.1) is 0 Å². The number of carbonyl (C=O) groups excluding carboxylic acids is 1. The lowest BCUT2D eigenvalue weighted by molar-refractivity contribution is -0.151. The van der Waals surface area contributed by atoms with E-state index < -0.39 is 24.2 Å². The molecule has 110 valence electrons. The van der Waals surface area contributed by atoms with E-state index in [0.717, 1.165) is 11.1 Å². The van der Waals surface area contributed by atoms with Gasteiger partial charge in [-0.15, -0.1) is 0 Å². The molecule has 0 unspecified atom stereocenters. The molecule has 0 aliphatic carbocycles. The summed E-state index contributed by atoms with van der Waals surface area (Å²) in [5.41, 5.74) is 7.35. The zero-order valence-corrected chi connectivity index (χ0v) is 11.8.